The fourth-order valence-electron chi connectivity index (χ4n) is 2.99. The molecule has 1 unspecified atom stereocenters. The van der Waals surface area contributed by atoms with Crippen LogP contribution in [0.25, 0.3) is 11.1 Å². The molecule has 0 bridgehead atoms. The maximum Gasteiger partial charge on any atom is 0.195 e. The van der Waals surface area contributed by atoms with Gasteiger partial charge in [-0.3, -0.25) is 5.10 Å². The number of nitrogens with one attached hydrogen (secondary N) is 1. The molecule has 0 aliphatic carbocycles. The summed E-state index contributed by atoms with van der Waals surface area (Å²) >= 11 is 5.34. The number of hydrogen-bond donors (Lipinski definition) is 1. The summed E-state index contributed by atoms with van der Waals surface area (Å²) in [6.45, 7) is 5.00. The number of unbranched alkanes of at least 4 members (excludes halogenated alkanes) is 1. The Labute approximate surface area is 152 Å². The van der Waals surface area contributed by atoms with Crippen LogP contribution in [-0.4, -0.2) is 14.8 Å². The summed E-state index contributed by atoms with van der Waals surface area (Å²) in [5.41, 5.74) is 2.38. The molecule has 1 N–H and O–H groups in total. The minimum atomic E-state index is -0.218. The van der Waals surface area contributed by atoms with Crippen LogP contribution in [0.2, 0.25) is 0 Å². The summed E-state index contributed by atoms with van der Waals surface area (Å²) in [5, 5.41) is 7.25. The lowest BCUT2D eigenvalue weighted by Gasteiger charge is -2.14. The molecule has 1 aromatic heterocycles. The molecule has 0 radical (unpaired) electrons. The lowest BCUT2D eigenvalue weighted by atomic mass is 9.96. The molecule has 1 atom stereocenters. The third-order valence-electron chi connectivity index (χ3n) is 4.49. The number of nitrogens with zero attached hydrogens (tertiary/aromatic N) is 2. The molecular formula is C20H22FN3S. The Kier molecular flexibility index (Phi) is 5.43. The van der Waals surface area contributed by atoms with Gasteiger partial charge in [-0.1, -0.05) is 62.7 Å². The molecule has 25 heavy (non-hydrogen) atoms. The minimum absolute atomic E-state index is 0.0378. The Hall–Kier alpha value is -2.27. The predicted molar refractivity (Wildman–Crippen MR) is 102 cm³/mol. The van der Waals surface area contributed by atoms with Crippen molar-refractivity contribution in [2.24, 2.45) is 0 Å². The van der Waals surface area contributed by atoms with E-state index < -0.39 is 0 Å². The van der Waals surface area contributed by atoms with Gasteiger partial charge in [0.05, 0.1) is 0 Å². The first-order valence-electron chi connectivity index (χ1n) is 8.61. The van der Waals surface area contributed by atoms with Crippen LogP contribution in [0, 0.1) is 10.6 Å². The van der Waals surface area contributed by atoms with E-state index in [1.54, 1.807) is 6.07 Å². The van der Waals surface area contributed by atoms with Gasteiger partial charge >= 0.3 is 0 Å². The molecule has 0 saturated carbocycles. The zero-order valence-corrected chi connectivity index (χ0v) is 15.3. The van der Waals surface area contributed by atoms with Crippen LogP contribution in [0.15, 0.2) is 48.5 Å². The zero-order chi connectivity index (χ0) is 17.8. The molecule has 130 valence electrons. The normalized spacial score (nSPS) is 12.3. The fourth-order valence-corrected chi connectivity index (χ4v) is 3.22. The Morgan fingerprint density at radius 1 is 1.20 bits per heavy atom. The molecule has 0 aliphatic heterocycles. The van der Waals surface area contributed by atoms with E-state index in [9.17, 15) is 4.39 Å². The van der Waals surface area contributed by atoms with Gasteiger partial charge in [0.2, 0.25) is 0 Å². The number of hydrogen-bond acceptors (Lipinski definition) is 2. The molecule has 0 saturated heterocycles. The molecule has 3 aromatic rings. The lowest BCUT2D eigenvalue weighted by molar-refractivity contribution is 0.583. The summed E-state index contributed by atoms with van der Waals surface area (Å²) in [6.07, 6.45) is 2.12. The predicted octanol–water partition coefficient (Wildman–Crippen LogP) is 5.70. The van der Waals surface area contributed by atoms with Crippen molar-refractivity contribution in [3.05, 3.63) is 70.5 Å². The van der Waals surface area contributed by atoms with Crippen LogP contribution in [0.1, 0.15) is 44.0 Å². The van der Waals surface area contributed by atoms with Crippen molar-refractivity contribution in [2.75, 3.05) is 0 Å². The zero-order valence-electron chi connectivity index (χ0n) is 14.5. The molecule has 0 fully saturated rings. The topological polar surface area (TPSA) is 33.6 Å². The average molecular weight is 355 g/mol. The maximum absolute atomic E-state index is 14.7. The first kappa shape index (κ1) is 17.5. The Morgan fingerprint density at radius 3 is 2.64 bits per heavy atom. The van der Waals surface area contributed by atoms with Crippen LogP contribution in [0.5, 0.6) is 0 Å². The third kappa shape index (κ3) is 3.71. The lowest BCUT2D eigenvalue weighted by Crippen LogP contribution is -2.09. The van der Waals surface area contributed by atoms with Crippen molar-refractivity contribution in [3.63, 3.8) is 0 Å². The molecule has 0 amide bonds. The quantitative estimate of drug-likeness (QED) is 0.576. The van der Waals surface area contributed by atoms with Gasteiger partial charge in [0, 0.05) is 18.0 Å². The standard InChI is InChI=1S/C20H22FN3S/c1-3-4-12-24-19(22-23-20(24)25)14(2)16-10-11-17(18(21)13-16)15-8-6-5-7-9-15/h5-11,13-14H,3-4,12H2,1-2H3,(H,23,25). The minimum Gasteiger partial charge on any atom is -0.304 e. The number of benzene rings is 2. The molecule has 0 aliphatic rings. The van der Waals surface area contributed by atoms with Gasteiger partial charge in [-0.25, -0.2) is 4.39 Å². The highest BCUT2D eigenvalue weighted by Gasteiger charge is 2.18. The van der Waals surface area contributed by atoms with Gasteiger partial charge in [-0.2, -0.15) is 5.10 Å². The first-order valence-corrected chi connectivity index (χ1v) is 9.02. The van der Waals surface area contributed by atoms with Gasteiger partial charge in [0.1, 0.15) is 11.6 Å². The Bertz CT molecular complexity index is 899. The second kappa shape index (κ2) is 7.74. The van der Waals surface area contributed by atoms with Crippen molar-refractivity contribution in [1.82, 2.24) is 14.8 Å². The van der Waals surface area contributed by atoms with E-state index >= 15 is 0 Å². The fraction of sp³-hybridized carbons (Fsp3) is 0.300. The summed E-state index contributed by atoms with van der Waals surface area (Å²) < 4.78 is 17.3. The highest BCUT2D eigenvalue weighted by Crippen LogP contribution is 2.29. The second-order valence-electron chi connectivity index (χ2n) is 6.22. The average Bonchev–Trinajstić information content (AvgIpc) is 3.00. The van der Waals surface area contributed by atoms with E-state index in [2.05, 4.69) is 17.1 Å². The van der Waals surface area contributed by atoms with Gasteiger partial charge in [0.25, 0.3) is 0 Å². The molecule has 2 aromatic carbocycles. The molecule has 3 nitrogen and oxygen atoms in total. The SMILES string of the molecule is CCCCn1c(C(C)c2ccc(-c3ccccc3)c(F)c2)n[nH]c1=S. The maximum atomic E-state index is 14.7. The number of aromatic nitrogens is 3. The van der Waals surface area contributed by atoms with Crippen LogP contribution in [0.4, 0.5) is 4.39 Å². The van der Waals surface area contributed by atoms with Crippen molar-refractivity contribution < 1.29 is 4.39 Å². The smallest absolute Gasteiger partial charge is 0.195 e. The highest BCUT2D eigenvalue weighted by molar-refractivity contribution is 7.71. The second-order valence-corrected chi connectivity index (χ2v) is 6.61. The Balaban J connectivity index is 1.92. The van der Waals surface area contributed by atoms with Gasteiger partial charge in [0.15, 0.2) is 4.77 Å². The van der Waals surface area contributed by atoms with Crippen molar-refractivity contribution >= 4 is 12.2 Å². The van der Waals surface area contributed by atoms with Crippen LogP contribution < -0.4 is 0 Å². The summed E-state index contributed by atoms with van der Waals surface area (Å²) in [4.78, 5) is 0. The molecule has 5 heteroatoms. The third-order valence-corrected chi connectivity index (χ3v) is 4.80. The van der Waals surface area contributed by atoms with Gasteiger partial charge < -0.3 is 4.57 Å². The molecule has 1 heterocycles. The van der Waals surface area contributed by atoms with Gasteiger partial charge in [-0.15, -0.1) is 0 Å². The van der Waals surface area contributed by atoms with E-state index in [4.69, 9.17) is 12.2 Å². The largest absolute Gasteiger partial charge is 0.304 e. The van der Waals surface area contributed by atoms with E-state index in [1.807, 2.05) is 54.0 Å². The number of rotatable bonds is 6. The first-order chi connectivity index (χ1) is 12.1. The van der Waals surface area contributed by atoms with E-state index in [-0.39, 0.29) is 11.7 Å². The molecule has 3 rings (SSSR count). The van der Waals surface area contributed by atoms with Crippen LogP contribution in [0.3, 0.4) is 0 Å². The monoisotopic (exact) mass is 355 g/mol. The summed E-state index contributed by atoms with van der Waals surface area (Å²) in [5.74, 6) is 0.597. The van der Waals surface area contributed by atoms with Crippen molar-refractivity contribution in [3.8, 4) is 11.1 Å². The number of halogens is 1. The van der Waals surface area contributed by atoms with Crippen molar-refractivity contribution in [1.29, 1.82) is 0 Å². The van der Waals surface area contributed by atoms with Gasteiger partial charge in [-0.05, 0) is 35.8 Å². The summed E-state index contributed by atoms with van der Waals surface area (Å²) in [6, 6.07) is 15.0. The molecular weight excluding hydrogens is 333 g/mol. The number of aromatic amines is 1. The Morgan fingerprint density at radius 2 is 1.96 bits per heavy atom. The summed E-state index contributed by atoms with van der Waals surface area (Å²) in [7, 11) is 0. The van der Waals surface area contributed by atoms with E-state index in [0.29, 0.717) is 10.3 Å². The highest BCUT2D eigenvalue weighted by atomic mass is 32.1. The number of H-pyrrole nitrogens is 1. The van der Waals surface area contributed by atoms with Crippen LogP contribution in [-0.2, 0) is 6.54 Å². The van der Waals surface area contributed by atoms with Crippen LogP contribution >= 0.6 is 12.2 Å². The van der Waals surface area contributed by atoms with E-state index in [1.165, 1.54) is 0 Å². The van der Waals surface area contributed by atoms with Crippen molar-refractivity contribution in [2.45, 2.75) is 39.2 Å². The molecule has 0 spiro atoms. The van der Waals surface area contributed by atoms with E-state index in [0.717, 1.165) is 36.3 Å².